The lowest BCUT2D eigenvalue weighted by atomic mass is 11.7. The standard InChI is InChI=1S/C2H3Cl2NO2S/c1-8(6,7)5-2(3)4/h1H3. The molecule has 0 aliphatic carbocycles. The van der Waals surface area contributed by atoms with Gasteiger partial charge in [0, 0.05) is 0 Å². The fraction of sp³-hybridized carbons (Fsp3) is 0.500. The summed E-state index contributed by atoms with van der Waals surface area (Å²) >= 11 is 9.80. The predicted molar refractivity (Wildman–Crippen MR) is 34.0 cm³/mol. The molecule has 0 N–H and O–H groups in total. The second-order valence-corrected chi connectivity index (χ2v) is 3.62. The normalized spacial score (nSPS) is 10.9. The average molecular weight is 176 g/mol. The van der Waals surface area contributed by atoms with Crippen molar-refractivity contribution < 1.29 is 8.42 Å². The molecule has 0 aliphatic rings. The largest absolute Gasteiger partial charge is 0.252 e. The second-order valence-electron chi connectivity index (χ2n) is 1.06. The number of rotatable bonds is 1. The predicted octanol–water partition coefficient (Wildman–Crippen LogP) is 0.780. The first-order chi connectivity index (χ1) is 3.42. The zero-order chi connectivity index (χ0) is 6.78. The Morgan fingerprint density at radius 2 is 1.88 bits per heavy atom. The molecule has 3 nitrogen and oxygen atoms in total. The summed E-state index contributed by atoms with van der Waals surface area (Å²) in [5.41, 5.74) is 0. The third-order valence-corrected chi connectivity index (χ3v) is 1.12. The smallest absolute Gasteiger partial charge is 0.205 e. The van der Waals surface area contributed by atoms with Crippen LogP contribution in [0.25, 0.3) is 0 Å². The fourth-order valence-corrected chi connectivity index (χ4v) is 1.13. The zero-order valence-electron chi connectivity index (χ0n) is 3.93. The van der Waals surface area contributed by atoms with Crippen LogP contribution in [0.3, 0.4) is 0 Å². The lowest BCUT2D eigenvalue weighted by molar-refractivity contribution is 0.604. The van der Waals surface area contributed by atoms with E-state index in [4.69, 9.17) is 23.2 Å². The van der Waals surface area contributed by atoms with Crippen LogP contribution in [0.5, 0.6) is 0 Å². The molecule has 0 saturated carbocycles. The molecule has 0 spiro atoms. The Bertz CT molecular complexity index is 190. The lowest BCUT2D eigenvalue weighted by Gasteiger charge is -1.81. The van der Waals surface area contributed by atoms with Crippen molar-refractivity contribution in [2.24, 2.45) is 4.40 Å². The highest BCUT2D eigenvalue weighted by Crippen LogP contribution is 1.95. The summed E-state index contributed by atoms with van der Waals surface area (Å²) in [5, 5.41) is 0. The van der Waals surface area contributed by atoms with E-state index in [0.717, 1.165) is 6.26 Å². The number of sulfonamides is 1. The third kappa shape index (κ3) is 6.20. The van der Waals surface area contributed by atoms with Crippen LogP contribution >= 0.6 is 23.2 Å². The summed E-state index contributed by atoms with van der Waals surface area (Å²) in [6.45, 7) is 0. The van der Waals surface area contributed by atoms with Crippen molar-refractivity contribution in [3.63, 3.8) is 0 Å². The van der Waals surface area contributed by atoms with Gasteiger partial charge in [0.2, 0.25) is 4.63 Å². The Balaban J connectivity index is 4.36. The highest BCUT2D eigenvalue weighted by Gasteiger charge is 1.95. The molecule has 0 amide bonds. The Kier molecular flexibility index (Phi) is 2.73. The molecule has 0 aromatic carbocycles. The van der Waals surface area contributed by atoms with Gasteiger partial charge in [-0.15, -0.1) is 4.40 Å². The van der Waals surface area contributed by atoms with Crippen LogP contribution in [-0.2, 0) is 10.0 Å². The van der Waals surface area contributed by atoms with Crippen molar-refractivity contribution in [3.05, 3.63) is 0 Å². The molecule has 48 valence electrons. The Morgan fingerprint density at radius 1 is 1.50 bits per heavy atom. The molecular weight excluding hydrogens is 173 g/mol. The Labute approximate surface area is 57.4 Å². The van der Waals surface area contributed by atoms with Crippen LogP contribution in [-0.4, -0.2) is 19.3 Å². The minimum absolute atomic E-state index is 0.493. The van der Waals surface area contributed by atoms with E-state index in [1.165, 1.54) is 0 Å². The van der Waals surface area contributed by atoms with E-state index in [-0.39, 0.29) is 0 Å². The van der Waals surface area contributed by atoms with Gasteiger partial charge >= 0.3 is 0 Å². The van der Waals surface area contributed by atoms with E-state index in [1.807, 2.05) is 0 Å². The molecule has 0 unspecified atom stereocenters. The zero-order valence-corrected chi connectivity index (χ0v) is 6.26. The molecule has 0 aromatic heterocycles. The third-order valence-electron chi connectivity index (χ3n) is 0.235. The maximum atomic E-state index is 10.1. The molecular formula is C2H3Cl2NO2S. The van der Waals surface area contributed by atoms with Gasteiger partial charge in [-0.05, 0) is 23.2 Å². The minimum Gasteiger partial charge on any atom is -0.205 e. The maximum Gasteiger partial charge on any atom is 0.252 e. The molecule has 0 atom stereocenters. The van der Waals surface area contributed by atoms with Crippen LogP contribution in [0.4, 0.5) is 0 Å². The molecule has 6 heteroatoms. The Morgan fingerprint density at radius 3 is 1.88 bits per heavy atom. The summed E-state index contributed by atoms with van der Waals surface area (Å²) in [6.07, 6.45) is 0.901. The van der Waals surface area contributed by atoms with Gasteiger partial charge in [0.05, 0.1) is 6.26 Å². The van der Waals surface area contributed by atoms with Crippen LogP contribution in [0.1, 0.15) is 0 Å². The molecule has 0 saturated heterocycles. The average Bonchev–Trinajstić information content (AvgIpc) is 1.21. The van der Waals surface area contributed by atoms with Gasteiger partial charge in [0.1, 0.15) is 0 Å². The van der Waals surface area contributed by atoms with Gasteiger partial charge in [-0.3, -0.25) is 0 Å². The lowest BCUT2D eigenvalue weighted by Crippen LogP contribution is -1.90. The van der Waals surface area contributed by atoms with E-state index in [2.05, 4.69) is 4.40 Å². The van der Waals surface area contributed by atoms with Crippen LogP contribution in [0.2, 0.25) is 0 Å². The van der Waals surface area contributed by atoms with E-state index in [0.29, 0.717) is 0 Å². The van der Waals surface area contributed by atoms with E-state index in [9.17, 15) is 8.42 Å². The molecule has 0 heterocycles. The molecule has 0 aromatic rings. The fourth-order valence-electron chi connectivity index (χ4n) is 0.125. The number of nitrogens with zero attached hydrogens (tertiary/aromatic N) is 1. The summed E-state index contributed by atoms with van der Waals surface area (Å²) in [6, 6.07) is 0. The number of hydrogen-bond acceptors (Lipinski definition) is 2. The van der Waals surface area contributed by atoms with Crippen molar-refractivity contribution in [2.75, 3.05) is 6.26 Å². The summed E-state index contributed by atoms with van der Waals surface area (Å²) in [5.74, 6) is 0. The summed E-state index contributed by atoms with van der Waals surface area (Å²) in [7, 11) is -3.40. The molecule has 0 rings (SSSR count). The molecule has 0 fully saturated rings. The Hall–Kier alpha value is 0.200. The molecule has 0 radical (unpaired) electrons. The van der Waals surface area contributed by atoms with Crippen LogP contribution in [0, 0.1) is 0 Å². The van der Waals surface area contributed by atoms with Crippen molar-refractivity contribution in [3.8, 4) is 0 Å². The van der Waals surface area contributed by atoms with E-state index in [1.54, 1.807) is 0 Å². The maximum absolute atomic E-state index is 10.1. The quantitative estimate of drug-likeness (QED) is 0.554. The van der Waals surface area contributed by atoms with Crippen LogP contribution < -0.4 is 0 Å². The van der Waals surface area contributed by atoms with Crippen molar-refractivity contribution in [1.82, 2.24) is 0 Å². The summed E-state index contributed by atoms with van der Waals surface area (Å²) < 4.78 is 22.5. The first-order valence-electron chi connectivity index (χ1n) is 1.53. The van der Waals surface area contributed by atoms with Gasteiger partial charge in [-0.1, -0.05) is 0 Å². The minimum atomic E-state index is -3.40. The van der Waals surface area contributed by atoms with Gasteiger partial charge in [0.25, 0.3) is 10.0 Å². The highest BCUT2D eigenvalue weighted by molar-refractivity contribution is 7.89. The van der Waals surface area contributed by atoms with Gasteiger partial charge in [-0.2, -0.15) is 0 Å². The first kappa shape index (κ1) is 8.20. The monoisotopic (exact) mass is 175 g/mol. The van der Waals surface area contributed by atoms with E-state index < -0.39 is 14.7 Å². The molecule has 0 bridgehead atoms. The van der Waals surface area contributed by atoms with E-state index >= 15 is 0 Å². The van der Waals surface area contributed by atoms with Gasteiger partial charge in [0.15, 0.2) is 0 Å². The van der Waals surface area contributed by atoms with Crippen molar-refractivity contribution >= 4 is 37.9 Å². The van der Waals surface area contributed by atoms with Crippen molar-refractivity contribution in [1.29, 1.82) is 0 Å². The van der Waals surface area contributed by atoms with Gasteiger partial charge in [-0.25, -0.2) is 8.42 Å². The summed E-state index contributed by atoms with van der Waals surface area (Å²) in [4.78, 5) is 0. The van der Waals surface area contributed by atoms with Crippen molar-refractivity contribution in [2.45, 2.75) is 0 Å². The topological polar surface area (TPSA) is 46.5 Å². The highest BCUT2D eigenvalue weighted by atomic mass is 35.5. The first-order valence-corrected chi connectivity index (χ1v) is 4.13. The molecule has 0 aliphatic heterocycles. The number of halogens is 2. The van der Waals surface area contributed by atoms with Gasteiger partial charge < -0.3 is 0 Å². The SMILES string of the molecule is CS(=O)(=O)N=C(Cl)Cl. The second kappa shape index (κ2) is 2.66. The van der Waals surface area contributed by atoms with Crippen LogP contribution in [0.15, 0.2) is 4.40 Å². The number of hydrogen-bond donors (Lipinski definition) is 0. The molecule has 8 heavy (non-hydrogen) atoms.